The summed E-state index contributed by atoms with van der Waals surface area (Å²) in [5.41, 5.74) is 0.912. The van der Waals surface area contributed by atoms with Crippen LogP contribution in [0.2, 0.25) is 0 Å². The Morgan fingerprint density at radius 1 is 1.04 bits per heavy atom. The number of nitrogens with one attached hydrogen (secondary N) is 1. The topological polar surface area (TPSA) is 75.7 Å². The minimum absolute atomic E-state index is 0.176. The summed E-state index contributed by atoms with van der Waals surface area (Å²) < 4.78 is 32.4. The number of benzene rings is 2. The minimum Gasteiger partial charge on any atom is -0.481 e. The van der Waals surface area contributed by atoms with Crippen molar-refractivity contribution in [3.8, 4) is 5.75 Å². The Labute approximate surface area is 167 Å². The van der Waals surface area contributed by atoms with E-state index in [1.807, 2.05) is 44.2 Å². The second-order valence-corrected chi connectivity index (χ2v) is 9.16. The molecule has 0 saturated carbocycles. The van der Waals surface area contributed by atoms with Crippen molar-refractivity contribution in [2.24, 2.45) is 5.92 Å². The molecule has 28 heavy (non-hydrogen) atoms. The summed E-state index contributed by atoms with van der Waals surface area (Å²) in [5.74, 6) is 0.596. The molecule has 7 heteroatoms. The molecule has 0 aliphatic rings. The van der Waals surface area contributed by atoms with Crippen LogP contribution in [0.3, 0.4) is 0 Å². The van der Waals surface area contributed by atoms with Crippen LogP contribution < -0.4 is 10.1 Å². The highest BCUT2D eigenvalue weighted by atomic mass is 32.2. The standard InChI is InChI=1S/C21H28N2O4S/c1-16(2)14-22-21(24)17(3)27-19-10-12-20(13-11-19)28(25,26)23(4)15-18-8-6-5-7-9-18/h5-13,16-17H,14-15H2,1-4H3,(H,22,24)/t17-/m1/s1. The highest BCUT2D eigenvalue weighted by Crippen LogP contribution is 2.21. The van der Waals surface area contributed by atoms with Gasteiger partial charge in [0.1, 0.15) is 5.75 Å². The van der Waals surface area contributed by atoms with Gasteiger partial charge in [0.2, 0.25) is 10.0 Å². The maximum atomic E-state index is 12.7. The van der Waals surface area contributed by atoms with E-state index in [0.29, 0.717) is 18.2 Å². The molecule has 152 valence electrons. The predicted octanol–water partition coefficient (Wildman–Crippen LogP) is 3.05. The van der Waals surface area contributed by atoms with Gasteiger partial charge in [0.25, 0.3) is 5.91 Å². The first-order valence-electron chi connectivity index (χ1n) is 9.25. The van der Waals surface area contributed by atoms with E-state index >= 15 is 0 Å². The number of carbonyl (C=O) groups is 1. The van der Waals surface area contributed by atoms with Crippen molar-refractivity contribution in [2.75, 3.05) is 13.6 Å². The second-order valence-electron chi connectivity index (χ2n) is 7.12. The van der Waals surface area contributed by atoms with Crippen molar-refractivity contribution >= 4 is 15.9 Å². The van der Waals surface area contributed by atoms with E-state index in [1.165, 1.54) is 16.4 Å². The van der Waals surface area contributed by atoms with E-state index in [9.17, 15) is 13.2 Å². The van der Waals surface area contributed by atoms with Crippen molar-refractivity contribution in [3.63, 3.8) is 0 Å². The number of amides is 1. The third kappa shape index (κ3) is 6.07. The lowest BCUT2D eigenvalue weighted by Gasteiger charge is -2.18. The van der Waals surface area contributed by atoms with Crippen molar-refractivity contribution in [1.82, 2.24) is 9.62 Å². The first kappa shape index (κ1) is 21.9. The third-order valence-corrected chi connectivity index (χ3v) is 5.96. The summed E-state index contributed by atoms with van der Waals surface area (Å²) in [5, 5.41) is 2.81. The lowest BCUT2D eigenvalue weighted by atomic mass is 10.2. The largest absolute Gasteiger partial charge is 0.481 e. The molecule has 1 atom stereocenters. The fourth-order valence-corrected chi connectivity index (χ4v) is 3.66. The van der Waals surface area contributed by atoms with Gasteiger partial charge in [0, 0.05) is 20.1 Å². The third-order valence-electron chi connectivity index (χ3n) is 4.15. The van der Waals surface area contributed by atoms with Gasteiger partial charge in [-0.1, -0.05) is 44.2 Å². The van der Waals surface area contributed by atoms with E-state index in [-0.39, 0.29) is 17.3 Å². The van der Waals surface area contributed by atoms with Gasteiger partial charge >= 0.3 is 0 Å². The number of rotatable bonds is 9. The van der Waals surface area contributed by atoms with Crippen LogP contribution in [0.25, 0.3) is 0 Å². The lowest BCUT2D eigenvalue weighted by molar-refractivity contribution is -0.127. The quantitative estimate of drug-likeness (QED) is 0.697. The smallest absolute Gasteiger partial charge is 0.260 e. The van der Waals surface area contributed by atoms with E-state index in [0.717, 1.165) is 5.56 Å². The van der Waals surface area contributed by atoms with E-state index in [4.69, 9.17) is 4.74 Å². The normalized spacial score (nSPS) is 12.8. The molecular formula is C21H28N2O4S. The Hall–Kier alpha value is -2.38. The van der Waals surface area contributed by atoms with Gasteiger partial charge in [-0.25, -0.2) is 8.42 Å². The predicted molar refractivity (Wildman–Crippen MR) is 109 cm³/mol. The van der Waals surface area contributed by atoms with Gasteiger partial charge in [-0.05, 0) is 42.7 Å². The number of carbonyl (C=O) groups excluding carboxylic acids is 1. The van der Waals surface area contributed by atoms with Crippen LogP contribution in [0.5, 0.6) is 5.75 Å². The molecule has 6 nitrogen and oxygen atoms in total. The Kier molecular flexibility index (Phi) is 7.60. The van der Waals surface area contributed by atoms with Crippen LogP contribution in [0, 0.1) is 5.92 Å². The van der Waals surface area contributed by atoms with Gasteiger partial charge in [0.05, 0.1) is 4.90 Å². The highest BCUT2D eigenvalue weighted by molar-refractivity contribution is 7.89. The molecule has 1 amide bonds. The fraction of sp³-hybridized carbons (Fsp3) is 0.381. The Morgan fingerprint density at radius 2 is 1.64 bits per heavy atom. The van der Waals surface area contributed by atoms with Crippen molar-refractivity contribution in [2.45, 2.75) is 38.3 Å². The van der Waals surface area contributed by atoms with Crippen LogP contribution >= 0.6 is 0 Å². The average molecular weight is 405 g/mol. The summed E-state index contributed by atoms with van der Waals surface area (Å²) >= 11 is 0. The van der Waals surface area contributed by atoms with Crippen LogP contribution in [0.15, 0.2) is 59.5 Å². The van der Waals surface area contributed by atoms with Crippen LogP contribution in [-0.2, 0) is 21.4 Å². The number of ether oxygens (including phenoxy) is 1. The molecule has 2 rings (SSSR count). The van der Waals surface area contributed by atoms with Crippen LogP contribution in [0.4, 0.5) is 0 Å². The van der Waals surface area contributed by atoms with Gasteiger partial charge < -0.3 is 10.1 Å². The fourth-order valence-electron chi connectivity index (χ4n) is 2.50. The average Bonchev–Trinajstić information content (AvgIpc) is 2.67. The van der Waals surface area contributed by atoms with E-state index in [1.54, 1.807) is 26.1 Å². The molecule has 0 aliphatic heterocycles. The number of hydrogen-bond acceptors (Lipinski definition) is 4. The van der Waals surface area contributed by atoms with Crippen molar-refractivity contribution in [3.05, 3.63) is 60.2 Å². The number of nitrogens with zero attached hydrogens (tertiary/aromatic N) is 1. The minimum atomic E-state index is -3.62. The molecule has 0 aromatic heterocycles. The maximum Gasteiger partial charge on any atom is 0.260 e. The molecule has 0 radical (unpaired) electrons. The molecule has 1 N–H and O–H groups in total. The van der Waals surface area contributed by atoms with Gasteiger partial charge in [-0.15, -0.1) is 0 Å². The monoisotopic (exact) mass is 404 g/mol. The van der Waals surface area contributed by atoms with Gasteiger partial charge in [-0.2, -0.15) is 4.31 Å². The summed E-state index contributed by atoms with van der Waals surface area (Å²) in [6.45, 7) is 6.56. The van der Waals surface area contributed by atoms with E-state index < -0.39 is 16.1 Å². The Bertz CT molecular complexity index is 865. The maximum absolute atomic E-state index is 12.7. The summed E-state index contributed by atoms with van der Waals surface area (Å²) in [6.07, 6.45) is -0.665. The molecule has 0 heterocycles. The molecule has 0 saturated heterocycles. The molecule has 2 aromatic carbocycles. The van der Waals surface area contributed by atoms with Crippen molar-refractivity contribution in [1.29, 1.82) is 0 Å². The molecule has 0 bridgehead atoms. The molecular weight excluding hydrogens is 376 g/mol. The zero-order valence-electron chi connectivity index (χ0n) is 16.8. The summed E-state index contributed by atoms with van der Waals surface area (Å²) in [4.78, 5) is 12.2. The second kappa shape index (κ2) is 9.71. The molecule has 0 aliphatic carbocycles. The van der Waals surface area contributed by atoms with E-state index in [2.05, 4.69) is 5.32 Å². The van der Waals surface area contributed by atoms with Gasteiger partial charge in [0.15, 0.2) is 6.10 Å². The summed E-state index contributed by atoms with van der Waals surface area (Å²) in [6, 6.07) is 15.5. The first-order chi connectivity index (χ1) is 13.2. The zero-order chi connectivity index (χ0) is 20.7. The summed E-state index contributed by atoms with van der Waals surface area (Å²) in [7, 11) is -2.07. The van der Waals surface area contributed by atoms with Crippen LogP contribution in [0.1, 0.15) is 26.3 Å². The highest BCUT2D eigenvalue weighted by Gasteiger charge is 2.21. The number of hydrogen-bond donors (Lipinski definition) is 1. The Morgan fingerprint density at radius 3 is 2.21 bits per heavy atom. The molecule has 0 fully saturated rings. The lowest BCUT2D eigenvalue weighted by Crippen LogP contribution is -2.38. The van der Waals surface area contributed by atoms with Crippen LogP contribution in [-0.4, -0.2) is 38.3 Å². The Balaban J connectivity index is 2.01. The number of sulfonamides is 1. The first-order valence-corrected chi connectivity index (χ1v) is 10.7. The SMILES string of the molecule is CC(C)CNC(=O)[C@@H](C)Oc1ccc(S(=O)(=O)N(C)Cc2ccccc2)cc1. The van der Waals surface area contributed by atoms with Gasteiger partial charge in [-0.3, -0.25) is 4.79 Å². The van der Waals surface area contributed by atoms with Crippen molar-refractivity contribution < 1.29 is 17.9 Å². The zero-order valence-corrected chi connectivity index (χ0v) is 17.6. The molecule has 2 aromatic rings. The molecule has 0 unspecified atom stereocenters. The molecule has 0 spiro atoms.